The molecule has 1 aliphatic carbocycles. The SMILES string of the molecule is O=C(NCCCSC1CCCCC1)C1CCN(Cc2nc(-c3cccs3)no2)CC1. The number of thiophene rings is 1. The van der Waals surface area contributed by atoms with Gasteiger partial charge >= 0.3 is 0 Å². The van der Waals surface area contributed by atoms with Gasteiger partial charge in [0.15, 0.2) is 0 Å². The van der Waals surface area contributed by atoms with Gasteiger partial charge in [-0.1, -0.05) is 30.5 Å². The van der Waals surface area contributed by atoms with Crippen LogP contribution in [0.3, 0.4) is 0 Å². The fourth-order valence-electron chi connectivity index (χ4n) is 4.28. The van der Waals surface area contributed by atoms with E-state index >= 15 is 0 Å². The Morgan fingerprint density at radius 3 is 2.83 bits per heavy atom. The first-order valence-corrected chi connectivity index (χ1v) is 13.2. The minimum atomic E-state index is 0.136. The monoisotopic (exact) mass is 448 g/mol. The number of aromatic nitrogens is 2. The summed E-state index contributed by atoms with van der Waals surface area (Å²) in [5.74, 6) is 2.85. The van der Waals surface area contributed by atoms with E-state index in [0.29, 0.717) is 18.3 Å². The molecule has 0 bridgehead atoms. The first kappa shape index (κ1) is 21.8. The Labute approximate surface area is 187 Å². The molecule has 1 saturated heterocycles. The molecule has 2 fully saturated rings. The van der Waals surface area contributed by atoms with Crippen molar-refractivity contribution >= 4 is 29.0 Å². The molecule has 0 aromatic carbocycles. The summed E-state index contributed by atoms with van der Waals surface area (Å²) >= 11 is 3.72. The number of likely N-dealkylation sites (tertiary alicyclic amines) is 1. The maximum Gasteiger partial charge on any atom is 0.241 e. The van der Waals surface area contributed by atoms with E-state index in [9.17, 15) is 4.79 Å². The minimum Gasteiger partial charge on any atom is -0.356 e. The van der Waals surface area contributed by atoms with E-state index in [4.69, 9.17) is 4.52 Å². The molecule has 0 radical (unpaired) electrons. The third kappa shape index (κ3) is 6.31. The van der Waals surface area contributed by atoms with Gasteiger partial charge in [0.05, 0.1) is 11.4 Å². The number of carbonyl (C=O) groups is 1. The summed E-state index contributed by atoms with van der Waals surface area (Å²) in [5.41, 5.74) is 0. The van der Waals surface area contributed by atoms with E-state index in [0.717, 1.165) is 49.0 Å². The van der Waals surface area contributed by atoms with Gasteiger partial charge in [0.2, 0.25) is 17.6 Å². The van der Waals surface area contributed by atoms with Crippen LogP contribution >= 0.6 is 23.1 Å². The number of piperidine rings is 1. The third-order valence-electron chi connectivity index (χ3n) is 6.05. The van der Waals surface area contributed by atoms with Crippen molar-refractivity contribution in [1.82, 2.24) is 20.4 Å². The van der Waals surface area contributed by atoms with Crippen molar-refractivity contribution < 1.29 is 9.32 Å². The molecule has 8 heteroatoms. The number of rotatable bonds is 9. The Morgan fingerprint density at radius 1 is 1.23 bits per heavy atom. The maximum atomic E-state index is 12.5. The van der Waals surface area contributed by atoms with Crippen molar-refractivity contribution in [3.63, 3.8) is 0 Å². The van der Waals surface area contributed by atoms with E-state index in [1.807, 2.05) is 17.5 Å². The van der Waals surface area contributed by atoms with Gasteiger partial charge in [0.25, 0.3) is 0 Å². The van der Waals surface area contributed by atoms with Crippen molar-refractivity contribution in [2.75, 3.05) is 25.4 Å². The number of nitrogens with zero attached hydrogens (tertiary/aromatic N) is 3. The van der Waals surface area contributed by atoms with E-state index in [1.165, 1.54) is 37.9 Å². The predicted octanol–water partition coefficient (Wildman–Crippen LogP) is 4.58. The second-order valence-electron chi connectivity index (χ2n) is 8.31. The molecule has 6 nitrogen and oxygen atoms in total. The number of thioether (sulfide) groups is 1. The quantitative estimate of drug-likeness (QED) is 0.566. The molecule has 3 heterocycles. The summed E-state index contributed by atoms with van der Waals surface area (Å²) < 4.78 is 5.41. The molecule has 2 aromatic rings. The summed E-state index contributed by atoms with van der Waals surface area (Å²) in [4.78, 5) is 20.3. The molecule has 1 aliphatic heterocycles. The standard InChI is InChI=1S/C22H32N4O2S2/c27-22(23-11-5-15-29-18-6-2-1-3-7-18)17-9-12-26(13-10-17)16-20-24-21(25-28-20)19-8-4-14-30-19/h4,8,14,17-18H,1-3,5-7,9-13,15-16H2,(H,23,27). The molecule has 30 heavy (non-hydrogen) atoms. The third-order valence-corrected chi connectivity index (χ3v) is 8.39. The smallest absolute Gasteiger partial charge is 0.241 e. The molecular formula is C22H32N4O2S2. The van der Waals surface area contributed by atoms with Gasteiger partial charge in [-0.25, -0.2) is 0 Å². The molecule has 164 valence electrons. The molecular weight excluding hydrogens is 416 g/mol. The van der Waals surface area contributed by atoms with E-state index in [1.54, 1.807) is 11.3 Å². The van der Waals surface area contributed by atoms with E-state index in [-0.39, 0.29) is 11.8 Å². The van der Waals surface area contributed by atoms with E-state index in [2.05, 4.69) is 32.1 Å². The molecule has 2 aliphatic rings. The zero-order valence-electron chi connectivity index (χ0n) is 17.6. The number of amides is 1. The van der Waals surface area contributed by atoms with Crippen LogP contribution in [0, 0.1) is 5.92 Å². The lowest BCUT2D eigenvalue weighted by Crippen LogP contribution is -2.40. The Kier molecular flexibility index (Phi) is 8.22. The molecule has 1 saturated carbocycles. The van der Waals surface area contributed by atoms with Crippen molar-refractivity contribution in [2.24, 2.45) is 5.92 Å². The van der Waals surface area contributed by atoms with Crippen molar-refractivity contribution in [1.29, 1.82) is 0 Å². The summed E-state index contributed by atoms with van der Waals surface area (Å²) in [7, 11) is 0. The zero-order valence-corrected chi connectivity index (χ0v) is 19.2. The normalized spacial score (nSPS) is 19.2. The van der Waals surface area contributed by atoms with Crippen LogP contribution in [0.1, 0.15) is 57.3 Å². The highest BCUT2D eigenvalue weighted by atomic mass is 32.2. The topological polar surface area (TPSA) is 71.3 Å². The summed E-state index contributed by atoms with van der Waals surface area (Å²) in [6, 6.07) is 3.99. The molecule has 0 unspecified atom stereocenters. The van der Waals surface area contributed by atoms with Crippen molar-refractivity contribution in [3.05, 3.63) is 23.4 Å². The first-order valence-electron chi connectivity index (χ1n) is 11.3. The predicted molar refractivity (Wildman–Crippen MR) is 123 cm³/mol. The van der Waals surface area contributed by atoms with Crippen molar-refractivity contribution in [3.8, 4) is 10.7 Å². The highest BCUT2D eigenvalue weighted by Gasteiger charge is 2.26. The van der Waals surface area contributed by atoms with E-state index < -0.39 is 0 Å². The molecule has 1 amide bonds. The van der Waals surface area contributed by atoms with Crippen molar-refractivity contribution in [2.45, 2.75) is 63.2 Å². The van der Waals surface area contributed by atoms with Crippen LogP contribution in [-0.4, -0.2) is 51.6 Å². The Hall–Kier alpha value is -1.38. The van der Waals surface area contributed by atoms with Crippen LogP contribution in [0.5, 0.6) is 0 Å². The Balaban J connectivity index is 1.10. The first-order chi connectivity index (χ1) is 14.8. The second kappa shape index (κ2) is 11.3. The molecule has 2 aromatic heterocycles. The number of nitrogens with one attached hydrogen (secondary N) is 1. The van der Waals surface area contributed by atoms with Gasteiger partial charge < -0.3 is 9.84 Å². The average molecular weight is 449 g/mol. The molecule has 0 spiro atoms. The van der Waals surface area contributed by atoms with Gasteiger partial charge in [-0.2, -0.15) is 16.7 Å². The Morgan fingerprint density at radius 2 is 2.07 bits per heavy atom. The van der Waals surface area contributed by atoms with Crippen LogP contribution in [0.25, 0.3) is 10.7 Å². The van der Waals surface area contributed by atoms with Crippen LogP contribution in [0.15, 0.2) is 22.0 Å². The number of hydrogen-bond donors (Lipinski definition) is 1. The lowest BCUT2D eigenvalue weighted by Gasteiger charge is -2.30. The van der Waals surface area contributed by atoms with Crippen LogP contribution in [0.4, 0.5) is 0 Å². The summed E-state index contributed by atoms with van der Waals surface area (Å²) in [6.45, 7) is 3.26. The lowest BCUT2D eigenvalue weighted by molar-refractivity contribution is -0.126. The molecule has 4 rings (SSSR count). The fraction of sp³-hybridized carbons (Fsp3) is 0.682. The summed E-state index contributed by atoms with van der Waals surface area (Å²) in [5, 5.41) is 10.1. The van der Waals surface area contributed by atoms with Crippen LogP contribution in [0.2, 0.25) is 0 Å². The maximum absolute atomic E-state index is 12.5. The molecule has 0 atom stereocenters. The summed E-state index contributed by atoms with van der Waals surface area (Å²) in [6.07, 6.45) is 9.85. The van der Waals surface area contributed by atoms with Gasteiger partial charge in [-0.3, -0.25) is 9.69 Å². The average Bonchev–Trinajstić information content (AvgIpc) is 3.47. The van der Waals surface area contributed by atoms with Gasteiger partial charge in [0, 0.05) is 17.7 Å². The van der Waals surface area contributed by atoms with Crippen LogP contribution < -0.4 is 5.32 Å². The number of hydrogen-bond acceptors (Lipinski definition) is 7. The number of carbonyl (C=O) groups excluding carboxylic acids is 1. The zero-order chi connectivity index (χ0) is 20.6. The van der Waals surface area contributed by atoms with Gasteiger partial charge in [-0.05, 0) is 62.4 Å². The highest BCUT2D eigenvalue weighted by Crippen LogP contribution is 2.28. The van der Waals surface area contributed by atoms with Gasteiger partial charge in [0.1, 0.15) is 0 Å². The highest BCUT2D eigenvalue weighted by molar-refractivity contribution is 7.99. The lowest BCUT2D eigenvalue weighted by atomic mass is 9.96. The molecule has 1 N–H and O–H groups in total. The fourth-order valence-corrected chi connectivity index (χ4v) is 6.24. The van der Waals surface area contributed by atoms with Crippen LogP contribution in [-0.2, 0) is 11.3 Å². The second-order valence-corrected chi connectivity index (χ2v) is 10.7. The van der Waals surface area contributed by atoms with Gasteiger partial charge in [-0.15, -0.1) is 11.3 Å². The Bertz CT molecular complexity index is 766. The largest absolute Gasteiger partial charge is 0.356 e. The minimum absolute atomic E-state index is 0.136.